The highest BCUT2D eigenvalue weighted by atomic mass is 32.2. The van der Waals surface area contributed by atoms with Gasteiger partial charge in [-0.1, -0.05) is 0 Å². The van der Waals surface area contributed by atoms with Crippen LogP contribution in [0.4, 0.5) is 0 Å². The molecule has 0 aromatic rings. The molecule has 0 aliphatic carbocycles. The topological polar surface area (TPSA) is 118 Å². The molecule has 1 atom stereocenters. The quantitative estimate of drug-likeness (QED) is 0.467. The lowest BCUT2D eigenvalue weighted by atomic mass is 10.1. The number of carboxylic acids is 1. The van der Waals surface area contributed by atoms with Gasteiger partial charge in [0.2, 0.25) is 0 Å². The van der Waals surface area contributed by atoms with Crippen LogP contribution in [0.5, 0.6) is 0 Å². The number of carboxylic acid groups (broad SMARTS) is 1. The van der Waals surface area contributed by atoms with Gasteiger partial charge in [0.15, 0.2) is 0 Å². The van der Waals surface area contributed by atoms with E-state index in [9.17, 15) is 13.2 Å². The standard InChI is InChI=1S/C4H9NO5S/c1-4(5,3(6)7)2-11(8,9)10/h2,5H2,1H3,(H,6,7)(H,8,9,10)/t4-/m0/s1. The van der Waals surface area contributed by atoms with Crippen LogP contribution in [0.2, 0.25) is 0 Å². The van der Waals surface area contributed by atoms with Gasteiger partial charge in [-0.25, -0.2) is 0 Å². The minimum Gasteiger partial charge on any atom is -0.480 e. The van der Waals surface area contributed by atoms with Crippen molar-refractivity contribution in [1.82, 2.24) is 0 Å². The lowest BCUT2D eigenvalue weighted by Gasteiger charge is -2.15. The number of carbonyl (C=O) groups is 1. The average molecular weight is 183 g/mol. The zero-order valence-electron chi connectivity index (χ0n) is 5.81. The Balaban J connectivity index is 4.51. The van der Waals surface area contributed by atoms with Gasteiger partial charge in [-0.2, -0.15) is 8.42 Å². The van der Waals surface area contributed by atoms with Crippen molar-refractivity contribution < 1.29 is 22.9 Å². The van der Waals surface area contributed by atoms with Gasteiger partial charge in [0.05, 0.1) is 0 Å². The summed E-state index contributed by atoms with van der Waals surface area (Å²) in [4.78, 5) is 10.2. The summed E-state index contributed by atoms with van der Waals surface area (Å²) in [6.45, 7) is 1.00. The fourth-order valence-electron chi connectivity index (χ4n) is 0.441. The Morgan fingerprint density at radius 1 is 1.64 bits per heavy atom. The number of hydrogen-bond acceptors (Lipinski definition) is 4. The van der Waals surface area contributed by atoms with Crippen LogP contribution in [0.3, 0.4) is 0 Å². The number of aliphatic carboxylic acids is 1. The normalized spacial score (nSPS) is 17.4. The Bertz CT molecular complexity index is 254. The molecule has 0 fully saturated rings. The maximum Gasteiger partial charge on any atom is 0.324 e. The van der Waals surface area contributed by atoms with Gasteiger partial charge in [0.25, 0.3) is 10.1 Å². The Kier molecular flexibility index (Phi) is 2.60. The molecule has 0 heterocycles. The maximum atomic E-state index is 10.2. The average Bonchev–Trinajstić information content (AvgIpc) is 1.56. The second-order valence-electron chi connectivity index (χ2n) is 2.45. The molecule has 0 saturated heterocycles. The first-order valence-electron chi connectivity index (χ1n) is 2.62. The SMILES string of the molecule is C[C@](N)(CS(=O)(=O)O)C(=O)O. The highest BCUT2D eigenvalue weighted by Gasteiger charge is 2.33. The maximum absolute atomic E-state index is 10.2. The van der Waals surface area contributed by atoms with E-state index >= 15 is 0 Å². The first-order chi connectivity index (χ1) is 4.65. The first-order valence-corrected chi connectivity index (χ1v) is 4.23. The molecule has 0 spiro atoms. The molecule has 4 N–H and O–H groups in total. The van der Waals surface area contributed by atoms with Crippen molar-refractivity contribution >= 4 is 16.1 Å². The first kappa shape index (κ1) is 10.3. The van der Waals surface area contributed by atoms with E-state index in [1.165, 1.54) is 0 Å². The zero-order valence-corrected chi connectivity index (χ0v) is 6.63. The summed E-state index contributed by atoms with van der Waals surface area (Å²) in [6.07, 6.45) is 0. The third-order valence-electron chi connectivity index (χ3n) is 0.971. The highest BCUT2D eigenvalue weighted by molar-refractivity contribution is 7.85. The van der Waals surface area contributed by atoms with Crippen molar-refractivity contribution in [2.75, 3.05) is 5.75 Å². The van der Waals surface area contributed by atoms with Crippen molar-refractivity contribution in [2.24, 2.45) is 5.73 Å². The van der Waals surface area contributed by atoms with E-state index in [0.29, 0.717) is 0 Å². The fourth-order valence-corrected chi connectivity index (χ4v) is 1.32. The van der Waals surface area contributed by atoms with E-state index in [4.69, 9.17) is 15.4 Å². The predicted octanol–water partition coefficient (Wildman–Crippen LogP) is -1.32. The summed E-state index contributed by atoms with van der Waals surface area (Å²) < 4.78 is 28.6. The molecular weight excluding hydrogens is 174 g/mol. The number of hydrogen-bond donors (Lipinski definition) is 3. The van der Waals surface area contributed by atoms with Crippen LogP contribution in [0.15, 0.2) is 0 Å². The minimum absolute atomic E-state index is 0.991. The van der Waals surface area contributed by atoms with Gasteiger partial charge in [-0.15, -0.1) is 0 Å². The highest BCUT2D eigenvalue weighted by Crippen LogP contribution is 2.02. The molecule has 0 aromatic carbocycles. The van der Waals surface area contributed by atoms with E-state index in [1.807, 2.05) is 0 Å². The summed E-state index contributed by atoms with van der Waals surface area (Å²) in [7, 11) is -4.33. The summed E-state index contributed by atoms with van der Waals surface area (Å²) >= 11 is 0. The molecule has 0 aromatic heterocycles. The number of nitrogens with two attached hydrogens (primary N) is 1. The van der Waals surface area contributed by atoms with Crippen molar-refractivity contribution in [3.8, 4) is 0 Å². The molecular formula is C4H9NO5S. The van der Waals surface area contributed by atoms with Crippen molar-refractivity contribution in [3.05, 3.63) is 0 Å². The molecule has 0 bridgehead atoms. The van der Waals surface area contributed by atoms with E-state index in [2.05, 4.69) is 0 Å². The van der Waals surface area contributed by atoms with Gasteiger partial charge < -0.3 is 10.8 Å². The van der Waals surface area contributed by atoms with E-state index in [1.54, 1.807) is 0 Å². The molecule has 0 radical (unpaired) electrons. The predicted molar refractivity (Wildman–Crippen MR) is 36.6 cm³/mol. The lowest BCUT2D eigenvalue weighted by molar-refractivity contribution is -0.141. The molecule has 0 aliphatic heterocycles. The van der Waals surface area contributed by atoms with Crippen LogP contribution < -0.4 is 5.73 Å². The molecule has 0 unspecified atom stereocenters. The van der Waals surface area contributed by atoms with Crippen LogP contribution in [0.1, 0.15) is 6.92 Å². The van der Waals surface area contributed by atoms with Crippen molar-refractivity contribution in [3.63, 3.8) is 0 Å². The summed E-state index contributed by atoms with van der Waals surface area (Å²) in [5, 5.41) is 8.30. The van der Waals surface area contributed by atoms with Gasteiger partial charge in [0, 0.05) is 0 Å². The molecule has 11 heavy (non-hydrogen) atoms. The van der Waals surface area contributed by atoms with E-state index in [0.717, 1.165) is 6.92 Å². The second kappa shape index (κ2) is 2.76. The third kappa shape index (κ3) is 3.91. The van der Waals surface area contributed by atoms with Gasteiger partial charge in [-0.05, 0) is 6.92 Å². The lowest BCUT2D eigenvalue weighted by Crippen LogP contribution is -2.50. The van der Waals surface area contributed by atoms with Gasteiger partial charge in [-0.3, -0.25) is 9.35 Å². The monoisotopic (exact) mass is 183 g/mol. The van der Waals surface area contributed by atoms with Crippen LogP contribution in [0, 0.1) is 0 Å². The molecule has 66 valence electrons. The third-order valence-corrected chi connectivity index (χ3v) is 1.94. The Morgan fingerprint density at radius 3 is 2.09 bits per heavy atom. The molecule has 0 aliphatic rings. The van der Waals surface area contributed by atoms with Gasteiger partial charge >= 0.3 is 5.97 Å². The smallest absolute Gasteiger partial charge is 0.324 e. The molecule has 6 nitrogen and oxygen atoms in total. The Morgan fingerprint density at radius 2 is 2.00 bits per heavy atom. The number of rotatable bonds is 3. The van der Waals surface area contributed by atoms with Gasteiger partial charge in [0.1, 0.15) is 11.3 Å². The zero-order chi connectivity index (χ0) is 9.28. The minimum atomic E-state index is -4.33. The largest absolute Gasteiger partial charge is 0.480 e. The molecule has 7 heteroatoms. The molecule has 0 rings (SSSR count). The van der Waals surface area contributed by atoms with Crippen molar-refractivity contribution in [2.45, 2.75) is 12.5 Å². The summed E-state index contributed by atoms with van der Waals surface area (Å²) in [5.41, 5.74) is 3.07. The van der Waals surface area contributed by atoms with E-state index < -0.39 is 27.4 Å². The van der Waals surface area contributed by atoms with Crippen LogP contribution in [-0.4, -0.2) is 35.3 Å². The van der Waals surface area contributed by atoms with Crippen LogP contribution in [0.25, 0.3) is 0 Å². The fraction of sp³-hybridized carbons (Fsp3) is 0.750. The van der Waals surface area contributed by atoms with E-state index in [-0.39, 0.29) is 0 Å². The molecule has 0 saturated carbocycles. The Labute approximate surface area is 63.8 Å². The van der Waals surface area contributed by atoms with Crippen LogP contribution in [-0.2, 0) is 14.9 Å². The Hall–Kier alpha value is -0.660. The van der Waals surface area contributed by atoms with Crippen molar-refractivity contribution in [1.29, 1.82) is 0 Å². The molecule has 0 amide bonds. The van der Waals surface area contributed by atoms with Crippen LogP contribution >= 0.6 is 0 Å². The second-order valence-corrected chi connectivity index (χ2v) is 3.90. The summed E-state index contributed by atoms with van der Waals surface area (Å²) in [5.74, 6) is -2.47. The summed E-state index contributed by atoms with van der Waals surface area (Å²) in [6, 6.07) is 0.